The number of hydrogen-bond donors (Lipinski definition) is 1. The Morgan fingerprint density at radius 2 is 2.00 bits per heavy atom. The smallest absolute Gasteiger partial charge is 0.141 e. The lowest BCUT2D eigenvalue weighted by Crippen LogP contribution is -2.19. The molecule has 0 aliphatic rings. The molecule has 0 spiro atoms. The van der Waals surface area contributed by atoms with Crippen molar-refractivity contribution in [2.75, 3.05) is 20.6 Å². The van der Waals surface area contributed by atoms with Gasteiger partial charge in [-0.05, 0) is 70.9 Å². The van der Waals surface area contributed by atoms with Crippen LogP contribution >= 0.6 is 11.3 Å². The van der Waals surface area contributed by atoms with Gasteiger partial charge >= 0.3 is 0 Å². The quantitative estimate of drug-likeness (QED) is 0.109. The van der Waals surface area contributed by atoms with Crippen LogP contribution in [-0.2, 0) is 17.7 Å². The third-order valence-corrected chi connectivity index (χ3v) is 6.51. The number of allylic oxidation sites excluding steroid dienone is 4. The van der Waals surface area contributed by atoms with Crippen LogP contribution in [0.4, 0.5) is 5.69 Å². The zero-order valence-electron chi connectivity index (χ0n) is 24.1. The zero-order chi connectivity index (χ0) is 28.1. The summed E-state index contributed by atoms with van der Waals surface area (Å²) in [4.78, 5) is 12.8. The number of ether oxygens (including phenoxy) is 1. The molecule has 1 unspecified atom stereocenters. The van der Waals surface area contributed by atoms with Crippen molar-refractivity contribution in [1.82, 2.24) is 14.5 Å². The van der Waals surface area contributed by atoms with E-state index in [4.69, 9.17) is 15.5 Å². The van der Waals surface area contributed by atoms with Gasteiger partial charge in [-0.3, -0.25) is 0 Å². The predicted molar refractivity (Wildman–Crippen MR) is 166 cm³/mol. The Labute approximate surface area is 233 Å². The number of benzene rings is 1. The molecule has 0 amide bonds. The van der Waals surface area contributed by atoms with Crippen molar-refractivity contribution in [2.45, 2.75) is 66.2 Å². The van der Waals surface area contributed by atoms with Gasteiger partial charge in [-0.25, -0.2) is 9.98 Å². The highest BCUT2D eigenvalue weighted by Gasteiger charge is 2.13. The van der Waals surface area contributed by atoms with E-state index < -0.39 is 0 Å². The molecule has 0 saturated heterocycles. The molecule has 0 saturated carbocycles. The summed E-state index contributed by atoms with van der Waals surface area (Å²) in [6.45, 7) is 15.9. The van der Waals surface area contributed by atoms with Gasteiger partial charge < -0.3 is 19.9 Å². The van der Waals surface area contributed by atoms with E-state index in [0.717, 1.165) is 53.4 Å². The highest BCUT2D eigenvalue weighted by atomic mass is 32.1. The van der Waals surface area contributed by atoms with Crippen molar-refractivity contribution in [2.24, 2.45) is 10.7 Å². The predicted octanol–water partition coefficient (Wildman–Crippen LogP) is 7.14. The number of rotatable bonds is 13. The number of aliphatic imine (C=N–C) groups is 1. The molecule has 2 heterocycles. The van der Waals surface area contributed by atoms with E-state index >= 15 is 0 Å². The fraction of sp³-hybridized carbons (Fsp3) is 0.419. The second-order valence-electron chi connectivity index (χ2n) is 9.39. The first-order valence-electron chi connectivity index (χ1n) is 13.4. The van der Waals surface area contributed by atoms with Crippen LogP contribution in [0.2, 0.25) is 0 Å². The molecule has 1 aromatic carbocycles. The molecule has 3 aromatic rings. The lowest BCUT2D eigenvalue weighted by atomic mass is 10.1. The van der Waals surface area contributed by atoms with Gasteiger partial charge in [-0.15, -0.1) is 11.3 Å². The normalized spacial score (nSPS) is 13.4. The molecule has 3 rings (SSSR count). The van der Waals surface area contributed by atoms with Gasteiger partial charge in [0.25, 0.3) is 0 Å². The summed E-state index contributed by atoms with van der Waals surface area (Å²) < 4.78 is 8.14. The summed E-state index contributed by atoms with van der Waals surface area (Å²) in [6, 6.07) is 10.1. The molecule has 0 fully saturated rings. The first-order chi connectivity index (χ1) is 18.3. The molecule has 0 aliphatic carbocycles. The maximum Gasteiger partial charge on any atom is 0.141 e. The largest absolute Gasteiger partial charge is 0.383 e. The van der Waals surface area contributed by atoms with Crippen molar-refractivity contribution in [3.63, 3.8) is 0 Å². The summed E-state index contributed by atoms with van der Waals surface area (Å²) in [5.74, 6) is 1.56. The molecule has 38 heavy (non-hydrogen) atoms. The van der Waals surface area contributed by atoms with Crippen LogP contribution in [0.3, 0.4) is 0 Å². The van der Waals surface area contributed by atoms with Crippen molar-refractivity contribution < 1.29 is 4.74 Å². The number of fused-ring (bicyclic) bond motifs is 1. The Hall–Kier alpha value is -3.00. The van der Waals surface area contributed by atoms with E-state index in [9.17, 15) is 0 Å². The summed E-state index contributed by atoms with van der Waals surface area (Å²) in [5.41, 5.74) is 10.3. The average molecular weight is 536 g/mol. The number of thiophene rings is 1. The monoisotopic (exact) mass is 535 g/mol. The van der Waals surface area contributed by atoms with Crippen LogP contribution in [0, 0.1) is 0 Å². The second kappa shape index (κ2) is 16.1. The highest BCUT2D eigenvalue weighted by molar-refractivity contribution is 7.12. The lowest BCUT2D eigenvalue weighted by molar-refractivity contribution is 0.0460. The number of nitrogens with two attached hydrogens (primary N) is 1. The summed E-state index contributed by atoms with van der Waals surface area (Å²) >= 11 is 1.58. The number of hydrogen-bond acceptors (Lipinski definition) is 5. The molecule has 1 atom stereocenters. The van der Waals surface area contributed by atoms with Gasteiger partial charge in [0.15, 0.2) is 0 Å². The molecule has 206 valence electrons. The summed E-state index contributed by atoms with van der Waals surface area (Å²) in [6.07, 6.45) is 10.1. The van der Waals surface area contributed by atoms with Gasteiger partial charge in [-0.2, -0.15) is 0 Å². The standard InChI is InChI=1S/C29H39N5OS.C2H6/c1-7-10-23(12-8-11-22(4)35-21(2)3)19-28-32-25-20-24(31-29(30)27-13-9-18-36-27)14-15-26(25)34(28)17-16-33(5)6;1-2/h7-11,13-15,18,20-22H,1,12,16-17,19H2,2-6H3,(H2,30,31);1-2H3/b11-8-,23-10+;. The molecule has 6 nitrogen and oxygen atoms in total. The lowest BCUT2D eigenvalue weighted by Gasteiger charge is -2.14. The number of aromatic nitrogens is 2. The fourth-order valence-corrected chi connectivity index (χ4v) is 4.62. The molecule has 0 radical (unpaired) electrons. The van der Waals surface area contributed by atoms with Gasteiger partial charge in [0.2, 0.25) is 0 Å². The highest BCUT2D eigenvalue weighted by Crippen LogP contribution is 2.25. The summed E-state index contributed by atoms with van der Waals surface area (Å²) in [7, 11) is 4.18. The number of imidazole rings is 1. The summed E-state index contributed by atoms with van der Waals surface area (Å²) in [5, 5.41) is 2.00. The van der Waals surface area contributed by atoms with Crippen molar-refractivity contribution in [1.29, 1.82) is 0 Å². The second-order valence-corrected chi connectivity index (χ2v) is 10.3. The van der Waals surface area contributed by atoms with Crippen LogP contribution in [-0.4, -0.2) is 53.1 Å². The number of nitrogens with zero attached hydrogens (tertiary/aromatic N) is 4. The molecule has 0 aliphatic heterocycles. The zero-order valence-corrected chi connectivity index (χ0v) is 25.0. The van der Waals surface area contributed by atoms with Crippen LogP contribution in [0.25, 0.3) is 11.0 Å². The first kappa shape index (κ1) is 31.2. The number of amidine groups is 1. The minimum absolute atomic E-state index is 0.0836. The third-order valence-electron chi connectivity index (χ3n) is 5.62. The average Bonchev–Trinajstić information content (AvgIpc) is 3.52. The third kappa shape index (κ3) is 9.71. The minimum atomic E-state index is 0.0836. The molecule has 2 aromatic heterocycles. The molecule has 7 heteroatoms. The molecular weight excluding hydrogens is 490 g/mol. The van der Waals surface area contributed by atoms with Crippen LogP contribution in [0.5, 0.6) is 0 Å². The van der Waals surface area contributed by atoms with E-state index in [1.807, 2.05) is 49.6 Å². The minimum Gasteiger partial charge on any atom is -0.383 e. The van der Waals surface area contributed by atoms with E-state index in [0.29, 0.717) is 5.84 Å². The van der Waals surface area contributed by atoms with Crippen molar-refractivity contribution >= 4 is 33.9 Å². The topological polar surface area (TPSA) is 68.7 Å². The Morgan fingerprint density at radius 3 is 2.63 bits per heavy atom. The maximum atomic E-state index is 6.22. The van der Waals surface area contributed by atoms with Gasteiger partial charge in [-0.1, -0.05) is 56.4 Å². The van der Waals surface area contributed by atoms with E-state index in [-0.39, 0.29) is 12.2 Å². The Kier molecular flexibility index (Phi) is 13.2. The van der Waals surface area contributed by atoms with Gasteiger partial charge in [0.05, 0.1) is 33.8 Å². The van der Waals surface area contributed by atoms with E-state index in [1.165, 1.54) is 5.57 Å². The Bertz CT molecular complexity index is 1220. The SMILES string of the molecule is C=C/C=C(\C/C=C\C(C)OC(C)C)Cc1nc2cc(N=C(N)c3cccs3)ccc2n1CCN(C)C.CC. The van der Waals surface area contributed by atoms with Crippen molar-refractivity contribution in [3.05, 3.63) is 82.9 Å². The molecular formula is C31H45N5OS. The molecule has 0 bridgehead atoms. The van der Waals surface area contributed by atoms with Gasteiger partial charge in [0.1, 0.15) is 11.7 Å². The number of likely N-dealkylation sites (N-methyl/N-ethyl adjacent to an activating group) is 1. The Balaban J connectivity index is 0.00000247. The van der Waals surface area contributed by atoms with Crippen LogP contribution in [0.1, 0.15) is 51.7 Å². The van der Waals surface area contributed by atoms with Crippen LogP contribution in [0.15, 0.2) is 77.2 Å². The Morgan fingerprint density at radius 1 is 1.24 bits per heavy atom. The van der Waals surface area contributed by atoms with E-state index in [2.05, 4.69) is 80.2 Å². The maximum absolute atomic E-state index is 6.22. The van der Waals surface area contributed by atoms with E-state index in [1.54, 1.807) is 11.3 Å². The van der Waals surface area contributed by atoms with Crippen LogP contribution < -0.4 is 5.73 Å². The van der Waals surface area contributed by atoms with Crippen molar-refractivity contribution in [3.8, 4) is 0 Å². The first-order valence-corrected chi connectivity index (χ1v) is 14.3. The van der Waals surface area contributed by atoms with Gasteiger partial charge in [0, 0.05) is 19.5 Å². The molecule has 2 N–H and O–H groups in total. The fourth-order valence-electron chi connectivity index (χ4n) is 4.00.